The van der Waals surface area contributed by atoms with Gasteiger partial charge in [0.15, 0.2) is 0 Å². The van der Waals surface area contributed by atoms with Gasteiger partial charge < -0.3 is 4.90 Å². The summed E-state index contributed by atoms with van der Waals surface area (Å²) in [6, 6.07) is 4.30. The number of thiazole rings is 1. The number of rotatable bonds is 3. The molecule has 0 aliphatic carbocycles. The highest BCUT2D eigenvalue weighted by Gasteiger charge is 2.06. The van der Waals surface area contributed by atoms with Crippen LogP contribution in [0, 0.1) is 0 Å². The second-order valence-electron chi connectivity index (χ2n) is 3.51. The second kappa shape index (κ2) is 4.65. The lowest BCUT2D eigenvalue weighted by atomic mass is 10.4. The molecule has 0 spiro atoms. The SMILES string of the molecule is CN(C)Cc1ccc(-c2nc(S)cs2)s1. The zero-order chi connectivity index (χ0) is 10.8. The summed E-state index contributed by atoms with van der Waals surface area (Å²) in [5, 5.41) is 3.83. The third-order valence-electron chi connectivity index (χ3n) is 1.84. The zero-order valence-corrected chi connectivity index (χ0v) is 11.1. The minimum absolute atomic E-state index is 0.803. The maximum atomic E-state index is 4.35. The van der Waals surface area contributed by atoms with Gasteiger partial charge in [0, 0.05) is 16.8 Å². The van der Waals surface area contributed by atoms with Crippen LogP contribution in [-0.2, 0) is 6.54 Å². The van der Waals surface area contributed by atoms with E-state index in [0.717, 1.165) is 16.6 Å². The fourth-order valence-electron chi connectivity index (χ4n) is 1.27. The van der Waals surface area contributed by atoms with E-state index in [-0.39, 0.29) is 0 Å². The number of thiophene rings is 1. The monoisotopic (exact) mass is 256 g/mol. The van der Waals surface area contributed by atoms with Crippen molar-refractivity contribution in [2.45, 2.75) is 11.6 Å². The summed E-state index contributed by atoms with van der Waals surface area (Å²) < 4.78 is 0. The highest BCUT2D eigenvalue weighted by atomic mass is 32.1. The quantitative estimate of drug-likeness (QED) is 0.849. The molecule has 0 saturated carbocycles. The van der Waals surface area contributed by atoms with Crippen LogP contribution in [0.25, 0.3) is 9.88 Å². The molecular formula is C10H12N2S3. The van der Waals surface area contributed by atoms with Crippen molar-refractivity contribution in [1.82, 2.24) is 9.88 Å². The van der Waals surface area contributed by atoms with Gasteiger partial charge in [-0.2, -0.15) is 0 Å². The average molecular weight is 256 g/mol. The Balaban J connectivity index is 2.20. The molecule has 0 fully saturated rings. The predicted molar refractivity (Wildman–Crippen MR) is 70.1 cm³/mol. The summed E-state index contributed by atoms with van der Waals surface area (Å²) >= 11 is 7.66. The lowest BCUT2D eigenvalue weighted by Gasteiger charge is -2.05. The summed E-state index contributed by atoms with van der Waals surface area (Å²) in [6.07, 6.45) is 0. The van der Waals surface area contributed by atoms with E-state index in [2.05, 4.69) is 48.7 Å². The average Bonchev–Trinajstić information content (AvgIpc) is 2.72. The van der Waals surface area contributed by atoms with Gasteiger partial charge in [-0.3, -0.25) is 0 Å². The lowest BCUT2D eigenvalue weighted by Crippen LogP contribution is -2.09. The normalized spacial score (nSPS) is 11.2. The van der Waals surface area contributed by atoms with E-state index in [1.807, 2.05) is 5.38 Å². The molecule has 0 bridgehead atoms. The first kappa shape index (κ1) is 11.1. The second-order valence-corrected chi connectivity index (χ2v) is 6.00. The molecule has 0 N–H and O–H groups in total. The van der Waals surface area contributed by atoms with Crippen molar-refractivity contribution in [2.75, 3.05) is 14.1 Å². The van der Waals surface area contributed by atoms with E-state index in [1.54, 1.807) is 22.7 Å². The van der Waals surface area contributed by atoms with E-state index >= 15 is 0 Å². The smallest absolute Gasteiger partial charge is 0.134 e. The fourth-order valence-corrected chi connectivity index (χ4v) is 3.48. The third kappa shape index (κ3) is 2.81. The molecule has 0 atom stereocenters. The van der Waals surface area contributed by atoms with Gasteiger partial charge in [-0.05, 0) is 26.2 Å². The largest absolute Gasteiger partial charge is 0.304 e. The molecule has 2 heterocycles. The topological polar surface area (TPSA) is 16.1 Å². The Hall–Kier alpha value is -0.360. The van der Waals surface area contributed by atoms with Crippen molar-refractivity contribution in [3.63, 3.8) is 0 Å². The van der Waals surface area contributed by atoms with Gasteiger partial charge in [-0.1, -0.05) is 0 Å². The van der Waals surface area contributed by atoms with Crippen LogP contribution in [-0.4, -0.2) is 24.0 Å². The number of hydrogen-bond donors (Lipinski definition) is 1. The van der Waals surface area contributed by atoms with Crippen molar-refractivity contribution in [1.29, 1.82) is 0 Å². The van der Waals surface area contributed by atoms with Crippen LogP contribution in [0.3, 0.4) is 0 Å². The highest BCUT2D eigenvalue weighted by molar-refractivity contribution is 7.80. The van der Waals surface area contributed by atoms with Gasteiger partial charge in [-0.25, -0.2) is 4.98 Å². The van der Waals surface area contributed by atoms with E-state index in [4.69, 9.17) is 0 Å². The lowest BCUT2D eigenvalue weighted by molar-refractivity contribution is 0.406. The number of nitrogens with zero attached hydrogens (tertiary/aromatic N) is 2. The Morgan fingerprint density at radius 2 is 2.20 bits per heavy atom. The van der Waals surface area contributed by atoms with Crippen LogP contribution >= 0.6 is 35.3 Å². The number of hydrogen-bond acceptors (Lipinski definition) is 5. The molecule has 2 aromatic rings. The number of aromatic nitrogens is 1. The minimum Gasteiger partial charge on any atom is -0.304 e. The van der Waals surface area contributed by atoms with E-state index in [1.165, 1.54) is 9.75 Å². The predicted octanol–water partition coefficient (Wildman–Crippen LogP) is 3.22. The van der Waals surface area contributed by atoms with Crippen molar-refractivity contribution in [3.05, 3.63) is 22.4 Å². The maximum absolute atomic E-state index is 4.35. The van der Waals surface area contributed by atoms with Crippen molar-refractivity contribution in [3.8, 4) is 9.88 Å². The molecule has 2 aromatic heterocycles. The van der Waals surface area contributed by atoms with Gasteiger partial charge in [0.05, 0.1) is 4.88 Å². The van der Waals surface area contributed by atoms with E-state index in [0.29, 0.717) is 0 Å². The summed E-state index contributed by atoms with van der Waals surface area (Å²) in [6.45, 7) is 0.990. The van der Waals surface area contributed by atoms with Gasteiger partial charge >= 0.3 is 0 Å². The Kier molecular flexibility index (Phi) is 3.45. The van der Waals surface area contributed by atoms with Crippen molar-refractivity contribution in [2.24, 2.45) is 0 Å². The highest BCUT2D eigenvalue weighted by Crippen LogP contribution is 2.31. The molecule has 0 saturated heterocycles. The summed E-state index contributed by atoms with van der Waals surface area (Å²) in [5.41, 5.74) is 0. The molecule has 0 aliphatic rings. The molecule has 2 nitrogen and oxygen atoms in total. The molecule has 2 rings (SSSR count). The first-order valence-electron chi connectivity index (χ1n) is 4.53. The van der Waals surface area contributed by atoms with Crippen LogP contribution in [0.15, 0.2) is 22.5 Å². The van der Waals surface area contributed by atoms with Crippen LogP contribution in [0.5, 0.6) is 0 Å². The molecule has 0 unspecified atom stereocenters. The summed E-state index contributed by atoms with van der Waals surface area (Å²) in [7, 11) is 4.16. The molecule has 5 heteroatoms. The molecule has 0 radical (unpaired) electrons. The Bertz CT molecular complexity index is 445. The van der Waals surface area contributed by atoms with Crippen LogP contribution in [0.4, 0.5) is 0 Å². The van der Waals surface area contributed by atoms with Crippen LogP contribution < -0.4 is 0 Å². The third-order valence-corrected chi connectivity index (χ3v) is 4.32. The Morgan fingerprint density at radius 3 is 2.80 bits per heavy atom. The molecule has 0 aliphatic heterocycles. The number of thiol groups is 1. The molecule has 0 aromatic carbocycles. The van der Waals surface area contributed by atoms with E-state index < -0.39 is 0 Å². The summed E-state index contributed by atoms with van der Waals surface area (Å²) in [5.74, 6) is 0. The molecule has 0 amide bonds. The molecular weight excluding hydrogens is 244 g/mol. The first-order valence-corrected chi connectivity index (χ1v) is 6.68. The van der Waals surface area contributed by atoms with Gasteiger partial charge in [-0.15, -0.1) is 35.3 Å². The van der Waals surface area contributed by atoms with Gasteiger partial charge in [0.25, 0.3) is 0 Å². The van der Waals surface area contributed by atoms with Crippen LogP contribution in [0.2, 0.25) is 0 Å². The van der Waals surface area contributed by atoms with Crippen LogP contribution in [0.1, 0.15) is 4.88 Å². The molecule has 80 valence electrons. The fraction of sp³-hybridized carbons (Fsp3) is 0.300. The minimum atomic E-state index is 0.803. The van der Waals surface area contributed by atoms with Crippen molar-refractivity contribution >= 4 is 35.3 Å². The van der Waals surface area contributed by atoms with E-state index in [9.17, 15) is 0 Å². The van der Waals surface area contributed by atoms with Gasteiger partial charge in [0.1, 0.15) is 10.0 Å². The first-order chi connectivity index (χ1) is 7.15. The van der Waals surface area contributed by atoms with Gasteiger partial charge in [0.2, 0.25) is 0 Å². The standard InChI is InChI=1S/C10H12N2S3/c1-12(2)5-7-3-4-8(15-7)10-11-9(13)6-14-10/h3-4,6,13H,5H2,1-2H3. The Morgan fingerprint density at radius 1 is 1.40 bits per heavy atom. The summed E-state index contributed by atoms with van der Waals surface area (Å²) in [4.78, 5) is 9.12. The molecule has 15 heavy (non-hydrogen) atoms. The van der Waals surface area contributed by atoms with Crippen molar-refractivity contribution < 1.29 is 0 Å². The Labute approximate surface area is 103 Å². The zero-order valence-electron chi connectivity index (χ0n) is 8.60. The maximum Gasteiger partial charge on any atom is 0.134 e.